The Labute approximate surface area is 213 Å². The Morgan fingerprint density at radius 2 is 1.94 bits per heavy atom. The molecule has 1 fully saturated rings. The Bertz CT molecular complexity index is 1360. The minimum atomic E-state index is -0.150. The number of pyridine rings is 1. The van der Waals surface area contributed by atoms with Gasteiger partial charge < -0.3 is 15.3 Å². The number of anilines is 1. The van der Waals surface area contributed by atoms with Crippen LogP contribution in [0.25, 0.3) is 22.0 Å². The smallest absolute Gasteiger partial charge is 0.163 e. The highest BCUT2D eigenvalue weighted by Gasteiger charge is 2.25. The van der Waals surface area contributed by atoms with Crippen LogP contribution in [0.3, 0.4) is 0 Å². The molecule has 0 spiro atoms. The minimum absolute atomic E-state index is 0.0907. The lowest BCUT2D eigenvalue weighted by atomic mass is 10.00. The largest absolute Gasteiger partial charge is 0.505 e. The molecule has 0 aliphatic carbocycles. The maximum atomic E-state index is 12.5. The highest BCUT2D eigenvalue weighted by molar-refractivity contribution is 6.37. The molecule has 0 bridgehead atoms. The molecule has 2 aromatic carbocycles. The Morgan fingerprint density at radius 3 is 2.57 bits per heavy atom. The third-order valence-corrected chi connectivity index (χ3v) is 7.07. The average molecular weight is 510 g/mol. The number of rotatable bonds is 5. The van der Waals surface area contributed by atoms with Crippen LogP contribution < -0.4 is 5.32 Å². The van der Waals surface area contributed by atoms with Crippen molar-refractivity contribution in [3.8, 4) is 16.9 Å². The number of hydrazone groups is 1. The summed E-state index contributed by atoms with van der Waals surface area (Å²) in [5, 5.41) is 21.3. The number of likely N-dealkylation sites (tertiary alicyclic amines) is 1. The van der Waals surface area contributed by atoms with Gasteiger partial charge in [0.1, 0.15) is 0 Å². The van der Waals surface area contributed by atoms with Gasteiger partial charge in [0.25, 0.3) is 0 Å². The van der Waals surface area contributed by atoms with E-state index in [9.17, 15) is 9.90 Å². The van der Waals surface area contributed by atoms with Crippen molar-refractivity contribution >= 4 is 51.8 Å². The number of hydrogen-bond donors (Lipinski definition) is 2. The van der Waals surface area contributed by atoms with Crippen molar-refractivity contribution in [1.29, 1.82) is 0 Å². The lowest BCUT2D eigenvalue weighted by Gasteiger charge is -2.27. The van der Waals surface area contributed by atoms with Crippen molar-refractivity contribution in [2.45, 2.75) is 19.4 Å². The molecular weight excluding hydrogens is 485 g/mol. The maximum absolute atomic E-state index is 12.5. The van der Waals surface area contributed by atoms with Crippen LogP contribution in [0.1, 0.15) is 23.7 Å². The fraction of sp³-hybridized carbons (Fsp3) is 0.269. The molecule has 0 saturated carbocycles. The molecule has 0 radical (unpaired) electrons. The Morgan fingerprint density at radius 1 is 1.17 bits per heavy atom. The Balaban J connectivity index is 1.51. The summed E-state index contributed by atoms with van der Waals surface area (Å²) in [6.45, 7) is 4.31. The summed E-state index contributed by atoms with van der Waals surface area (Å²) in [7, 11) is 2.13. The summed E-state index contributed by atoms with van der Waals surface area (Å²) in [5.41, 5.74) is 4.30. The predicted molar refractivity (Wildman–Crippen MR) is 142 cm³/mol. The second kappa shape index (κ2) is 9.49. The number of hydrogen-bond acceptors (Lipinski definition) is 7. The van der Waals surface area contributed by atoms with Crippen LogP contribution >= 0.6 is 23.2 Å². The van der Waals surface area contributed by atoms with Crippen molar-refractivity contribution in [2.24, 2.45) is 5.10 Å². The zero-order valence-electron chi connectivity index (χ0n) is 19.4. The molecule has 9 heteroatoms. The van der Waals surface area contributed by atoms with E-state index in [4.69, 9.17) is 23.2 Å². The lowest BCUT2D eigenvalue weighted by Crippen LogP contribution is -2.35. The fourth-order valence-electron chi connectivity index (χ4n) is 4.56. The van der Waals surface area contributed by atoms with Gasteiger partial charge in [-0.2, -0.15) is 5.10 Å². The van der Waals surface area contributed by atoms with Crippen LogP contribution in [-0.4, -0.2) is 64.7 Å². The molecule has 1 atom stereocenters. The van der Waals surface area contributed by atoms with E-state index in [1.807, 2.05) is 18.2 Å². The van der Waals surface area contributed by atoms with E-state index >= 15 is 0 Å². The SMILES string of the molecule is CC(=O)c1cnc2ccc(-c3cc(Cl)c(O)c(Cl)c3)cc2c1NC1=CCN(C2CCN(C)C2)N=C1. The molecule has 7 nitrogen and oxygen atoms in total. The molecule has 1 aromatic heterocycles. The van der Waals surface area contributed by atoms with E-state index < -0.39 is 0 Å². The molecule has 1 unspecified atom stereocenters. The van der Waals surface area contributed by atoms with Gasteiger partial charge in [-0.25, -0.2) is 0 Å². The normalized spacial score (nSPS) is 18.2. The first kappa shape index (κ1) is 23.6. The number of phenols is 1. The molecule has 2 aliphatic heterocycles. The number of carbonyl (C=O) groups is 1. The average Bonchev–Trinajstić information content (AvgIpc) is 3.28. The first-order chi connectivity index (χ1) is 16.8. The number of aromatic nitrogens is 1. The second-order valence-corrected chi connectivity index (χ2v) is 9.79. The zero-order valence-corrected chi connectivity index (χ0v) is 20.9. The second-order valence-electron chi connectivity index (χ2n) is 8.98. The third kappa shape index (κ3) is 4.72. The third-order valence-electron chi connectivity index (χ3n) is 6.50. The number of phenolic OH excluding ortho intramolecular Hbond substituents is 1. The number of likely N-dealkylation sites (N-methyl/N-ethyl adjacent to an activating group) is 1. The summed E-state index contributed by atoms with van der Waals surface area (Å²) >= 11 is 12.3. The van der Waals surface area contributed by atoms with E-state index in [1.54, 1.807) is 24.5 Å². The number of nitrogens with zero attached hydrogens (tertiary/aromatic N) is 4. The van der Waals surface area contributed by atoms with Crippen LogP contribution in [0.2, 0.25) is 10.0 Å². The number of halogens is 2. The molecule has 2 N–H and O–H groups in total. The van der Waals surface area contributed by atoms with Crippen molar-refractivity contribution in [3.63, 3.8) is 0 Å². The number of ketones is 1. The van der Waals surface area contributed by atoms with Gasteiger partial charge in [0.15, 0.2) is 11.5 Å². The molecule has 5 rings (SSSR count). The van der Waals surface area contributed by atoms with E-state index in [2.05, 4.69) is 38.4 Å². The van der Waals surface area contributed by atoms with Crippen molar-refractivity contribution in [1.82, 2.24) is 14.9 Å². The highest BCUT2D eigenvalue weighted by atomic mass is 35.5. The Kier molecular flexibility index (Phi) is 6.40. The van der Waals surface area contributed by atoms with Crippen molar-refractivity contribution < 1.29 is 9.90 Å². The predicted octanol–water partition coefficient (Wildman–Crippen LogP) is 5.42. The Hall–Kier alpha value is -3.13. The summed E-state index contributed by atoms with van der Waals surface area (Å²) in [6, 6.07) is 9.46. The van der Waals surface area contributed by atoms with Gasteiger partial charge in [-0.3, -0.25) is 14.8 Å². The van der Waals surface area contributed by atoms with Gasteiger partial charge in [-0.15, -0.1) is 0 Å². The first-order valence-electron chi connectivity index (χ1n) is 11.4. The quantitative estimate of drug-likeness (QED) is 0.447. The molecular formula is C26H25Cl2N5O2. The van der Waals surface area contributed by atoms with Gasteiger partial charge in [0.05, 0.1) is 51.3 Å². The molecule has 2 aliphatic rings. The summed E-state index contributed by atoms with van der Waals surface area (Å²) in [4.78, 5) is 19.3. The van der Waals surface area contributed by atoms with Gasteiger partial charge in [-0.05, 0) is 68.4 Å². The number of allylic oxidation sites excluding steroid dienone is 1. The summed E-state index contributed by atoms with van der Waals surface area (Å²) < 4.78 is 0. The first-order valence-corrected chi connectivity index (χ1v) is 12.1. The molecule has 3 aromatic rings. The molecule has 0 amide bonds. The standard InChI is InChI=1S/C26H25Cl2N5O2/c1-15(34)21-13-29-24-4-3-16(17-10-22(27)26(35)23(28)11-17)9-20(24)25(21)31-18-5-8-33(30-12-18)19-6-7-32(2)14-19/h3-5,9-13,19,35H,6-8,14H2,1-2H3,(H,29,31). The highest BCUT2D eigenvalue weighted by Crippen LogP contribution is 2.38. The summed E-state index contributed by atoms with van der Waals surface area (Å²) in [5.74, 6) is -0.241. The minimum Gasteiger partial charge on any atom is -0.505 e. The number of benzene rings is 2. The van der Waals surface area contributed by atoms with Crippen LogP contribution in [0.4, 0.5) is 5.69 Å². The molecule has 3 heterocycles. The number of fused-ring (bicyclic) bond motifs is 1. The van der Waals surface area contributed by atoms with E-state index in [0.29, 0.717) is 23.8 Å². The monoisotopic (exact) mass is 509 g/mol. The number of carbonyl (C=O) groups excluding carboxylic acids is 1. The van der Waals surface area contributed by atoms with E-state index in [1.165, 1.54) is 6.92 Å². The topological polar surface area (TPSA) is 81.1 Å². The van der Waals surface area contributed by atoms with Crippen molar-refractivity contribution in [2.75, 3.05) is 32.0 Å². The summed E-state index contributed by atoms with van der Waals surface area (Å²) in [6.07, 6.45) is 6.59. The van der Waals surface area contributed by atoms with Gasteiger partial charge in [0.2, 0.25) is 0 Å². The van der Waals surface area contributed by atoms with Crippen LogP contribution in [0.5, 0.6) is 5.75 Å². The van der Waals surface area contributed by atoms with Crippen LogP contribution in [0.15, 0.2) is 53.4 Å². The number of nitrogens with one attached hydrogen (secondary N) is 1. The van der Waals surface area contributed by atoms with E-state index in [0.717, 1.165) is 47.2 Å². The van der Waals surface area contributed by atoms with Crippen LogP contribution in [-0.2, 0) is 0 Å². The lowest BCUT2D eigenvalue weighted by molar-refractivity contribution is 0.101. The zero-order chi connectivity index (χ0) is 24.7. The van der Waals surface area contributed by atoms with Gasteiger partial charge in [-0.1, -0.05) is 29.3 Å². The fourth-order valence-corrected chi connectivity index (χ4v) is 5.05. The van der Waals surface area contributed by atoms with Crippen LogP contribution in [0, 0.1) is 0 Å². The number of Topliss-reactive ketones (excluding diaryl/α,β-unsaturated/α-hetero) is 1. The van der Waals surface area contributed by atoms with Crippen molar-refractivity contribution in [3.05, 3.63) is 63.9 Å². The number of aromatic hydroxyl groups is 1. The molecule has 1 saturated heterocycles. The maximum Gasteiger partial charge on any atom is 0.163 e. The molecule has 180 valence electrons. The molecule has 35 heavy (non-hydrogen) atoms. The van der Waals surface area contributed by atoms with Gasteiger partial charge in [0, 0.05) is 18.1 Å². The van der Waals surface area contributed by atoms with E-state index in [-0.39, 0.29) is 21.6 Å². The van der Waals surface area contributed by atoms with Gasteiger partial charge >= 0.3 is 0 Å².